The Balaban J connectivity index is -0.000000162. The van der Waals surface area contributed by atoms with Gasteiger partial charge < -0.3 is 9.84 Å². The summed E-state index contributed by atoms with van der Waals surface area (Å²) in [5, 5.41) is 7.89. The van der Waals surface area contributed by atoms with Crippen LogP contribution in [0.3, 0.4) is 0 Å². The van der Waals surface area contributed by atoms with E-state index in [2.05, 4.69) is 24.5 Å². The summed E-state index contributed by atoms with van der Waals surface area (Å²) in [5.74, 6) is -1.33. The van der Waals surface area contributed by atoms with Crippen molar-refractivity contribution in [2.75, 3.05) is 7.11 Å². The lowest BCUT2D eigenvalue weighted by Crippen LogP contribution is -1.92. The van der Waals surface area contributed by atoms with Crippen molar-refractivity contribution < 1.29 is 19.4 Å². The fourth-order valence-corrected chi connectivity index (χ4v) is 0.0833. The van der Waals surface area contributed by atoms with E-state index in [0.29, 0.717) is 0 Å². The number of ether oxygens (including phenoxy) is 1. The summed E-state index contributed by atoms with van der Waals surface area (Å²) >= 11 is 9.69. The summed E-state index contributed by atoms with van der Waals surface area (Å²) in [7, 11) is 1.31. The molecule has 0 heterocycles. The monoisotopic (exact) mass is 268 g/mol. The van der Waals surface area contributed by atoms with E-state index in [1.54, 1.807) is 0 Å². The molecule has 0 saturated carbocycles. The van der Waals surface area contributed by atoms with Gasteiger partial charge in [-0.25, -0.2) is 9.59 Å². The average Bonchev–Trinajstić information content (AvgIpc) is 2.16. The molecule has 1 N–H and O–H groups in total. The summed E-state index contributed by atoms with van der Waals surface area (Å²) in [4.78, 5) is 19.4. The molecule has 0 aliphatic carbocycles. The molecule has 0 aliphatic rings. The molecule has 0 bridgehead atoms. The van der Waals surface area contributed by atoms with Crippen molar-refractivity contribution in [1.82, 2.24) is 0 Å². The molecule has 0 radical (unpaired) electrons. The Labute approximate surface area is 105 Å². The van der Waals surface area contributed by atoms with Crippen LogP contribution in [0.4, 0.5) is 0 Å². The van der Waals surface area contributed by atoms with Crippen LogP contribution in [0.2, 0.25) is 0 Å². The first kappa shape index (κ1) is 20.2. The molecule has 0 aromatic carbocycles. The minimum atomic E-state index is -0.935. The van der Waals surface area contributed by atoms with Gasteiger partial charge in [0.05, 0.1) is 11.6 Å². The van der Waals surface area contributed by atoms with E-state index in [1.807, 2.05) is 0 Å². The second-order valence-electron chi connectivity index (χ2n) is 2.15. The maximum absolute atomic E-state index is 9.84. The number of hydrogen-bond acceptors (Lipinski definition) is 3. The van der Waals surface area contributed by atoms with Gasteiger partial charge >= 0.3 is 11.9 Å². The summed E-state index contributed by atoms with van der Waals surface area (Å²) in [6.45, 7) is 10.8. The zero-order valence-corrected chi connectivity index (χ0v) is 10.6. The van der Waals surface area contributed by atoms with Gasteiger partial charge in [0.25, 0.3) is 0 Å². The highest BCUT2D eigenvalue weighted by Gasteiger charge is 1.90. The molecule has 4 nitrogen and oxygen atoms in total. The number of rotatable bonds is 2. The number of halogens is 2. The van der Waals surface area contributed by atoms with Crippen molar-refractivity contribution in [1.29, 1.82) is 0 Å². The normalized spacial score (nSPS) is 7.00. The number of carbonyl (C=O) groups is 2. The van der Waals surface area contributed by atoms with Crippen LogP contribution >= 0.6 is 23.2 Å². The topological polar surface area (TPSA) is 63.6 Å². The Morgan fingerprint density at radius 3 is 1.56 bits per heavy atom. The molecule has 92 valence electrons. The third kappa shape index (κ3) is 38.7. The molecular formula is C10H14Cl2O4. The standard InChI is InChI=1S/2C4H6O2.C2H2Cl2/c1-3-4(5)6-2;1-3(2)4(5)6;1-2(3)4/h3H,1H2,2H3;1H2,2H3,(H,5,6);1H2. The van der Waals surface area contributed by atoms with Crippen molar-refractivity contribution in [2.24, 2.45) is 0 Å². The van der Waals surface area contributed by atoms with Crippen LogP contribution < -0.4 is 0 Å². The van der Waals surface area contributed by atoms with E-state index in [-0.39, 0.29) is 10.1 Å². The van der Waals surface area contributed by atoms with Crippen LogP contribution in [0.5, 0.6) is 0 Å². The fraction of sp³-hybridized carbons (Fsp3) is 0.200. The zero-order chi connectivity index (χ0) is 13.7. The van der Waals surface area contributed by atoms with E-state index in [1.165, 1.54) is 14.0 Å². The molecule has 0 aromatic heterocycles. The Morgan fingerprint density at radius 1 is 1.31 bits per heavy atom. The first-order valence-corrected chi connectivity index (χ1v) is 4.53. The maximum Gasteiger partial charge on any atom is 0.330 e. The number of carboxylic acids is 1. The van der Waals surface area contributed by atoms with Crippen molar-refractivity contribution in [3.05, 3.63) is 35.9 Å². The van der Waals surface area contributed by atoms with Gasteiger partial charge in [0.1, 0.15) is 0 Å². The summed E-state index contributed by atoms with van der Waals surface area (Å²) in [5.41, 5.74) is 0.176. The van der Waals surface area contributed by atoms with Crippen molar-refractivity contribution in [3.63, 3.8) is 0 Å². The lowest BCUT2D eigenvalue weighted by Gasteiger charge is -1.83. The Kier molecular flexibility index (Phi) is 17.3. The molecule has 0 rings (SSSR count). The third-order valence-electron chi connectivity index (χ3n) is 0.733. The van der Waals surface area contributed by atoms with Gasteiger partial charge in [0, 0.05) is 11.6 Å². The molecular weight excluding hydrogens is 255 g/mol. The Bertz CT molecular complexity index is 253. The number of aliphatic carboxylic acids is 1. The van der Waals surface area contributed by atoms with Gasteiger partial charge in [-0.05, 0) is 6.92 Å². The Hall–Kier alpha value is -1.26. The van der Waals surface area contributed by atoms with Gasteiger partial charge in [0.15, 0.2) is 0 Å². The zero-order valence-electron chi connectivity index (χ0n) is 9.13. The predicted molar refractivity (Wildman–Crippen MR) is 65.5 cm³/mol. The van der Waals surface area contributed by atoms with E-state index in [9.17, 15) is 9.59 Å². The largest absolute Gasteiger partial charge is 0.478 e. The summed E-state index contributed by atoms with van der Waals surface area (Å²) in [6.07, 6.45) is 1.11. The van der Waals surface area contributed by atoms with Gasteiger partial charge in [-0.15, -0.1) is 0 Å². The molecule has 0 aromatic rings. The number of methoxy groups -OCH3 is 1. The van der Waals surface area contributed by atoms with E-state index >= 15 is 0 Å². The third-order valence-corrected chi connectivity index (χ3v) is 0.733. The lowest BCUT2D eigenvalue weighted by molar-refractivity contribution is -0.135. The SMILES string of the molecule is C=C(C)C(=O)O.C=C(Cl)Cl.C=CC(=O)OC. The molecule has 0 aliphatic heterocycles. The average molecular weight is 269 g/mol. The van der Waals surface area contributed by atoms with Crippen LogP contribution in [-0.2, 0) is 14.3 Å². The van der Waals surface area contributed by atoms with Crippen LogP contribution in [-0.4, -0.2) is 24.2 Å². The second-order valence-corrected chi connectivity index (χ2v) is 3.26. The molecule has 6 heteroatoms. The molecule has 0 atom stereocenters. The predicted octanol–water partition coefficient (Wildman–Crippen LogP) is 2.93. The quantitative estimate of drug-likeness (QED) is 0.618. The minimum absolute atomic E-state index is 0.111. The Morgan fingerprint density at radius 2 is 1.56 bits per heavy atom. The van der Waals surface area contributed by atoms with Crippen LogP contribution in [0.15, 0.2) is 35.9 Å². The van der Waals surface area contributed by atoms with E-state index in [0.717, 1.165) is 6.08 Å². The minimum Gasteiger partial charge on any atom is -0.478 e. The van der Waals surface area contributed by atoms with Crippen molar-refractivity contribution in [2.45, 2.75) is 6.92 Å². The van der Waals surface area contributed by atoms with Gasteiger partial charge in [-0.3, -0.25) is 0 Å². The van der Waals surface area contributed by atoms with E-state index < -0.39 is 11.9 Å². The molecule has 0 amide bonds. The van der Waals surface area contributed by atoms with Crippen LogP contribution in [0.1, 0.15) is 6.92 Å². The van der Waals surface area contributed by atoms with Crippen LogP contribution in [0, 0.1) is 0 Å². The molecule has 0 saturated heterocycles. The van der Waals surface area contributed by atoms with Gasteiger partial charge in [-0.1, -0.05) is 42.9 Å². The van der Waals surface area contributed by atoms with Gasteiger partial charge in [-0.2, -0.15) is 0 Å². The van der Waals surface area contributed by atoms with E-state index in [4.69, 9.17) is 28.3 Å². The summed E-state index contributed by atoms with van der Waals surface area (Å²) < 4.78 is 4.25. The number of carbonyl (C=O) groups excluding carboxylic acids is 1. The molecule has 0 fully saturated rings. The number of esters is 1. The van der Waals surface area contributed by atoms with Crippen molar-refractivity contribution >= 4 is 35.1 Å². The molecule has 0 spiro atoms. The molecule has 16 heavy (non-hydrogen) atoms. The van der Waals surface area contributed by atoms with Gasteiger partial charge in [0.2, 0.25) is 0 Å². The lowest BCUT2D eigenvalue weighted by atomic mass is 10.4. The summed E-state index contributed by atoms with van der Waals surface area (Å²) in [6, 6.07) is 0. The molecule has 0 unspecified atom stereocenters. The maximum atomic E-state index is 9.84. The first-order valence-electron chi connectivity index (χ1n) is 3.78. The smallest absolute Gasteiger partial charge is 0.330 e. The highest BCUT2D eigenvalue weighted by atomic mass is 35.5. The number of hydrogen-bond donors (Lipinski definition) is 1. The highest BCUT2D eigenvalue weighted by molar-refractivity contribution is 6.55. The first-order chi connectivity index (χ1) is 7.18. The number of carboxylic acid groups (broad SMARTS) is 1. The van der Waals surface area contributed by atoms with Crippen LogP contribution in [0.25, 0.3) is 0 Å². The van der Waals surface area contributed by atoms with Crippen molar-refractivity contribution in [3.8, 4) is 0 Å². The second kappa shape index (κ2) is 13.7. The highest BCUT2D eigenvalue weighted by Crippen LogP contribution is 1.98. The fourth-order valence-electron chi connectivity index (χ4n) is 0.0833.